The van der Waals surface area contributed by atoms with Crippen LogP contribution in [0.15, 0.2) is 34.3 Å². The number of hydrogen-bond donors (Lipinski definition) is 0. The fourth-order valence-corrected chi connectivity index (χ4v) is 1.58. The van der Waals surface area contributed by atoms with Gasteiger partial charge in [0.15, 0.2) is 0 Å². The van der Waals surface area contributed by atoms with Gasteiger partial charge in [-0.3, -0.25) is 0 Å². The molecule has 0 saturated heterocycles. The van der Waals surface area contributed by atoms with E-state index in [1.807, 2.05) is 6.92 Å². The molecule has 0 heterocycles. The lowest BCUT2D eigenvalue weighted by Crippen LogP contribution is -2.05. The molecule has 0 aliphatic heterocycles. The summed E-state index contributed by atoms with van der Waals surface area (Å²) in [5.41, 5.74) is -0.0188. The fraction of sp³-hybridized carbons (Fsp3) is 0.333. The number of halogens is 5. The first-order valence-corrected chi connectivity index (χ1v) is 5.93. The van der Waals surface area contributed by atoms with E-state index in [0.29, 0.717) is 17.7 Å². The predicted octanol–water partition coefficient (Wildman–Crippen LogP) is 5.18. The molecule has 100 valence electrons. The monoisotopic (exact) mass is 298 g/mol. The van der Waals surface area contributed by atoms with E-state index in [4.69, 9.17) is 27.9 Å². The third kappa shape index (κ3) is 4.42. The van der Waals surface area contributed by atoms with Crippen LogP contribution in [-0.2, 0) is 6.18 Å². The molecule has 1 aromatic rings. The fourth-order valence-electron chi connectivity index (χ4n) is 1.20. The van der Waals surface area contributed by atoms with Crippen LogP contribution >= 0.6 is 23.2 Å². The summed E-state index contributed by atoms with van der Waals surface area (Å²) in [5.74, 6) is 0.337. The standard InChI is InChI=1S/C12H11Cl2F3O/c1-2-8(11(13)14)7-18-10-5-3-9(4-6-10)12(15,16)17/h3-6H,2,7H2,1H3. The van der Waals surface area contributed by atoms with Crippen molar-refractivity contribution in [2.75, 3.05) is 6.61 Å². The van der Waals surface area contributed by atoms with Gasteiger partial charge in [0.25, 0.3) is 0 Å². The first-order chi connectivity index (χ1) is 8.34. The first-order valence-electron chi connectivity index (χ1n) is 5.17. The van der Waals surface area contributed by atoms with Crippen LogP contribution in [0.5, 0.6) is 5.75 Å². The summed E-state index contributed by atoms with van der Waals surface area (Å²) >= 11 is 11.2. The zero-order valence-corrected chi connectivity index (χ0v) is 11.0. The number of rotatable bonds is 4. The molecule has 0 aromatic heterocycles. The van der Waals surface area contributed by atoms with Crippen molar-refractivity contribution in [2.45, 2.75) is 19.5 Å². The maximum absolute atomic E-state index is 12.3. The minimum absolute atomic E-state index is 0.129. The summed E-state index contributed by atoms with van der Waals surface area (Å²) in [6.07, 6.45) is -3.73. The summed E-state index contributed by atoms with van der Waals surface area (Å²) in [4.78, 5) is 0. The van der Waals surface area contributed by atoms with E-state index < -0.39 is 11.7 Å². The molecule has 0 atom stereocenters. The van der Waals surface area contributed by atoms with E-state index in [1.54, 1.807) is 0 Å². The van der Waals surface area contributed by atoms with Gasteiger partial charge in [0.1, 0.15) is 16.8 Å². The molecule has 0 amide bonds. The highest BCUT2D eigenvalue weighted by Gasteiger charge is 2.29. The van der Waals surface area contributed by atoms with E-state index in [-0.39, 0.29) is 11.1 Å². The Kier molecular flexibility index (Phi) is 5.35. The number of benzene rings is 1. The number of alkyl halides is 3. The Labute approximate surface area is 113 Å². The second-order valence-electron chi connectivity index (χ2n) is 3.53. The van der Waals surface area contributed by atoms with Crippen LogP contribution in [-0.4, -0.2) is 6.61 Å². The molecule has 6 heteroatoms. The number of ether oxygens (including phenoxy) is 1. The third-order valence-electron chi connectivity index (χ3n) is 2.29. The van der Waals surface area contributed by atoms with Gasteiger partial charge in [-0.2, -0.15) is 13.2 Å². The predicted molar refractivity (Wildman–Crippen MR) is 66.0 cm³/mol. The second kappa shape index (κ2) is 6.34. The third-order valence-corrected chi connectivity index (χ3v) is 2.82. The zero-order valence-electron chi connectivity index (χ0n) is 9.52. The maximum atomic E-state index is 12.3. The SMILES string of the molecule is CCC(COc1ccc(C(F)(F)F)cc1)=C(Cl)Cl. The summed E-state index contributed by atoms with van der Waals surface area (Å²) in [6, 6.07) is 4.45. The van der Waals surface area contributed by atoms with Crippen molar-refractivity contribution in [1.29, 1.82) is 0 Å². The normalized spacial score (nSPS) is 11.2. The van der Waals surface area contributed by atoms with Crippen molar-refractivity contribution in [2.24, 2.45) is 0 Å². The van der Waals surface area contributed by atoms with Gasteiger partial charge in [0, 0.05) is 0 Å². The van der Waals surface area contributed by atoms with Crippen molar-refractivity contribution in [3.63, 3.8) is 0 Å². The van der Waals surface area contributed by atoms with Gasteiger partial charge in [-0.15, -0.1) is 0 Å². The smallest absolute Gasteiger partial charge is 0.416 e. The highest BCUT2D eigenvalue weighted by molar-refractivity contribution is 6.56. The molecule has 1 rings (SSSR count). The van der Waals surface area contributed by atoms with Crippen molar-refractivity contribution in [3.8, 4) is 5.75 Å². The Morgan fingerprint density at radius 2 is 1.72 bits per heavy atom. The average Bonchev–Trinajstić information content (AvgIpc) is 2.29. The van der Waals surface area contributed by atoms with Crippen LogP contribution in [0.4, 0.5) is 13.2 Å². The van der Waals surface area contributed by atoms with Crippen molar-refractivity contribution < 1.29 is 17.9 Å². The Hall–Kier alpha value is -0.870. The molecular weight excluding hydrogens is 288 g/mol. The molecule has 0 aliphatic carbocycles. The van der Waals surface area contributed by atoms with Gasteiger partial charge >= 0.3 is 6.18 Å². The van der Waals surface area contributed by atoms with Gasteiger partial charge < -0.3 is 4.74 Å². The lowest BCUT2D eigenvalue weighted by molar-refractivity contribution is -0.137. The largest absolute Gasteiger partial charge is 0.489 e. The Morgan fingerprint density at radius 3 is 2.11 bits per heavy atom. The molecule has 1 aromatic carbocycles. The summed E-state index contributed by atoms with van der Waals surface area (Å²) in [5, 5.41) is 0. The molecule has 0 unspecified atom stereocenters. The Balaban J connectivity index is 2.68. The molecule has 0 radical (unpaired) electrons. The van der Waals surface area contributed by atoms with Crippen LogP contribution in [0.25, 0.3) is 0 Å². The lowest BCUT2D eigenvalue weighted by atomic mass is 10.2. The lowest BCUT2D eigenvalue weighted by Gasteiger charge is -2.10. The van der Waals surface area contributed by atoms with E-state index in [1.165, 1.54) is 12.1 Å². The Bertz CT molecular complexity index is 420. The molecule has 1 nitrogen and oxygen atoms in total. The first kappa shape index (κ1) is 15.2. The van der Waals surface area contributed by atoms with Gasteiger partial charge in [-0.05, 0) is 36.3 Å². The van der Waals surface area contributed by atoms with E-state index in [2.05, 4.69) is 0 Å². The van der Waals surface area contributed by atoms with Gasteiger partial charge in [0.05, 0.1) is 5.56 Å². The van der Waals surface area contributed by atoms with Crippen LogP contribution in [0, 0.1) is 0 Å². The topological polar surface area (TPSA) is 9.23 Å². The minimum Gasteiger partial charge on any atom is -0.489 e. The highest BCUT2D eigenvalue weighted by atomic mass is 35.5. The molecule has 0 spiro atoms. The molecule has 0 fully saturated rings. The zero-order chi connectivity index (χ0) is 13.8. The second-order valence-corrected chi connectivity index (χ2v) is 4.48. The van der Waals surface area contributed by atoms with Crippen LogP contribution in [0.2, 0.25) is 0 Å². The maximum Gasteiger partial charge on any atom is 0.416 e. The van der Waals surface area contributed by atoms with Crippen LogP contribution in [0.3, 0.4) is 0 Å². The number of hydrogen-bond acceptors (Lipinski definition) is 1. The molecule has 0 aliphatic rings. The van der Waals surface area contributed by atoms with Crippen LogP contribution < -0.4 is 4.74 Å². The van der Waals surface area contributed by atoms with E-state index in [9.17, 15) is 13.2 Å². The molecule has 0 N–H and O–H groups in total. The van der Waals surface area contributed by atoms with Crippen molar-refractivity contribution in [3.05, 3.63) is 39.9 Å². The quantitative estimate of drug-likeness (QED) is 0.744. The molecule has 0 bridgehead atoms. The molecular formula is C12H11Cl2F3O. The summed E-state index contributed by atoms with van der Waals surface area (Å²) < 4.78 is 42.4. The molecule has 0 saturated carbocycles. The summed E-state index contributed by atoms with van der Waals surface area (Å²) in [6.45, 7) is 2.01. The van der Waals surface area contributed by atoms with E-state index in [0.717, 1.165) is 12.1 Å². The van der Waals surface area contributed by atoms with Crippen molar-refractivity contribution in [1.82, 2.24) is 0 Å². The van der Waals surface area contributed by atoms with Crippen LogP contribution in [0.1, 0.15) is 18.9 Å². The van der Waals surface area contributed by atoms with Gasteiger partial charge in [-0.1, -0.05) is 30.1 Å². The average molecular weight is 299 g/mol. The summed E-state index contributed by atoms with van der Waals surface area (Å²) in [7, 11) is 0. The van der Waals surface area contributed by atoms with E-state index >= 15 is 0 Å². The van der Waals surface area contributed by atoms with Gasteiger partial charge in [-0.25, -0.2) is 0 Å². The Morgan fingerprint density at radius 1 is 1.17 bits per heavy atom. The molecule has 18 heavy (non-hydrogen) atoms. The highest BCUT2D eigenvalue weighted by Crippen LogP contribution is 2.30. The minimum atomic E-state index is -4.34. The van der Waals surface area contributed by atoms with Gasteiger partial charge in [0.2, 0.25) is 0 Å². The van der Waals surface area contributed by atoms with Crippen molar-refractivity contribution >= 4 is 23.2 Å².